The van der Waals surface area contributed by atoms with Crippen molar-refractivity contribution in [2.45, 2.75) is 50.2 Å². The lowest BCUT2D eigenvalue weighted by molar-refractivity contribution is -0.140. The van der Waals surface area contributed by atoms with Crippen LogP contribution in [0.25, 0.3) is 0 Å². The average molecular weight is 660 g/mol. The highest BCUT2D eigenvalue weighted by molar-refractivity contribution is 7.92. The van der Waals surface area contributed by atoms with Crippen molar-refractivity contribution in [2.24, 2.45) is 0 Å². The van der Waals surface area contributed by atoms with Crippen LogP contribution < -0.4 is 19.1 Å². The minimum Gasteiger partial charge on any atom is -0.486 e. The molecule has 0 aliphatic carbocycles. The first kappa shape index (κ1) is 33.5. The molecule has 4 aromatic carbocycles. The zero-order chi connectivity index (χ0) is 33.4. The third-order valence-corrected chi connectivity index (χ3v) is 9.75. The minimum atomic E-state index is -4.28. The Morgan fingerprint density at radius 3 is 2.15 bits per heavy atom. The molecule has 0 unspecified atom stereocenters. The SMILES string of the molecule is CC[C@@H](C)NC(=O)[C@H](Cc1ccccc1)N(Cc1ccc(F)cc1)C(=O)CN(c1ccc2c(c1)OCCO2)S(=O)(=O)c1ccccc1. The smallest absolute Gasteiger partial charge is 0.264 e. The van der Waals surface area contributed by atoms with Crippen molar-refractivity contribution in [3.8, 4) is 11.5 Å². The Morgan fingerprint density at radius 2 is 1.49 bits per heavy atom. The van der Waals surface area contributed by atoms with Gasteiger partial charge in [0.1, 0.15) is 31.6 Å². The molecule has 1 aliphatic rings. The van der Waals surface area contributed by atoms with E-state index in [4.69, 9.17) is 9.47 Å². The van der Waals surface area contributed by atoms with Crippen molar-refractivity contribution >= 4 is 27.5 Å². The molecule has 0 radical (unpaired) electrons. The molecular formula is C36H38FN3O6S. The summed E-state index contributed by atoms with van der Waals surface area (Å²) in [5.74, 6) is -0.626. The highest BCUT2D eigenvalue weighted by Gasteiger charge is 2.35. The number of halogens is 1. The Labute approximate surface area is 275 Å². The normalized spacial score (nSPS) is 13.7. The average Bonchev–Trinajstić information content (AvgIpc) is 3.09. The van der Waals surface area contributed by atoms with E-state index in [1.54, 1.807) is 42.5 Å². The van der Waals surface area contributed by atoms with Crippen LogP contribution in [0.3, 0.4) is 0 Å². The lowest BCUT2D eigenvalue weighted by atomic mass is 10.0. The standard InChI is InChI=1S/C36H38FN3O6S/c1-3-26(2)38-36(42)32(22-27-10-6-4-7-11-27)39(24-28-14-16-29(37)17-15-28)35(41)25-40(47(43,44)31-12-8-5-9-13-31)30-18-19-33-34(23-30)46-21-20-45-33/h4-19,23,26,32H,3,20-22,24-25H2,1-2H3,(H,38,42)/t26-,32+/m1/s1. The molecule has 2 atom stereocenters. The molecule has 0 spiro atoms. The van der Waals surface area contributed by atoms with E-state index in [1.165, 1.54) is 35.2 Å². The van der Waals surface area contributed by atoms with Crippen molar-refractivity contribution in [1.29, 1.82) is 0 Å². The summed E-state index contributed by atoms with van der Waals surface area (Å²) in [5.41, 5.74) is 1.58. The monoisotopic (exact) mass is 659 g/mol. The van der Waals surface area contributed by atoms with E-state index < -0.39 is 34.3 Å². The van der Waals surface area contributed by atoms with E-state index in [0.29, 0.717) is 36.7 Å². The third-order valence-electron chi connectivity index (χ3n) is 7.96. The largest absolute Gasteiger partial charge is 0.486 e. The fourth-order valence-electron chi connectivity index (χ4n) is 5.22. The molecule has 0 fully saturated rings. The van der Waals surface area contributed by atoms with Crippen molar-refractivity contribution in [3.63, 3.8) is 0 Å². The van der Waals surface area contributed by atoms with Crippen LogP contribution in [0, 0.1) is 5.82 Å². The van der Waals surface area contributed by atoms with Crippen LogP contribution in [0.2, 0.25) is 0 Å². The highest BCUT2D eigenvalue weighted by Crippen LogP contribution is 2.36. The molecule has 47 heavy (non-hydrogen) atoms. The van der Waals surface area contributed by atoms with Gasteiger partial charge in [-0.25, -0.2) is 12.8 Å². The van der Waals surface area contributed by atoms with Gasteiger partial charge in [0, 0.05) is 25.1 Å². The molecule has 11 heteroatoms. The number of anilines is 1. The topological polar surface area (TPSA) is 105 Å². The lowest BCUT2D eigenvalue weighted by Crippen LogP contribution is -2.54. The molecule has 1 aliphatic heterocycles. The summed E-state index contributed by atoms with van der Waals surface area (Å²) in [6.07, 6.45) is 0.842. The maximum absolute atomic E-state index is 14.6. The molecule has 1 heterocycles. The van der Waals surface area contributed by atoms with Crippen LogP contribution >= 0.6 is 0 Å². The van der Waals surface area contributed by atoms with Gasteiger partial charge in [-0.1, -0.05) is 67.6 Å². The van der Waals surface area contributed by atoms with Crippen molar-refractivity contribution in [1.82, 2.24) is 10.2 Å². The number of benzene rings is 4. The van der Waals surface area contributed by atoms with Crippen molar-refractivity contribution in [3.05, 3.63) is 120 Å². The number of carbonyl (C=O) groups is 2. The second-order valence-corrected chi connectivity index (χ2v) is 13.2. The third kappa shape index (κ3) is 8.28. The number of rotatable bonds is 13. The van der Waals surface area contributed by atoms with E-state index in [0.717, 1.165) is 9.87 Å². The summed E-state index contributed by atoms with van der Waals surface area (Å²) in [5, 5.41) is 3.00. The van der Waals surface area contributed by atoms with Gasteiger partial charge >= 0.3 is 0 Å². The maximum Gasteiger partial charge on any atom is 0.264 e. The van der Waals surface area contributed by atoms with Gasteiger partial charge in [0.25, 0.3) is 10.0 Å². The van der Waals surface area contributed by atoms with E-state index in [-0.39, 0.29) is 35.5 Å². The number of carbonyl (C=O) groups excluding carboxylic acids is 2. The zero-order valence-electron chi connectivity index (χ0n) is 26.3. The summed E-state index contributed by atoms with van der Waals surface area (Å²) < 4.78 is 54.7. The van der Waals surface area contributed by atoms with Gasteiger partial charge in [0.05, 0.1) is 10.6 Å². The van der Waals surface area contributed by atoms with Crippen LogP contribution in [-0.2, 0) is 32.6 Å². The number of nitrogens with one attached hydrogen (secondary N) is 1. The van der Waals surface area contributed by atoms with Crippen LogP contribution in [0.15, 0.2) is 108 Å². The quantitative estimate of drug-likeness (QED) is 0.208. The summed E-state index contributed by atoms with van der Waals surface area (Å²) in [6.45, 7) is 3.78. The Morgan fingerprint density at radius 1 is 0.851 bits per heavy atom. The van der Waals surface area contributed by atoms with Gasteiger partial charge in [-0.15, -0.1) is 0 Å². The molecule has 0 saturated carbocycles. The summed E-state index contributed by atoms with van der Waals surface area (Å²) in [4.78, 5) is 29.8. The number of hydrogen-bond acceptors (Lipinski definition) is 6. The summed E-state index contributed by atoms with van der Waals surface area (Å²) in [6, 6.07) is 26.3. The Bertz CT molecular complexity index is 1770. The number of fused-ring (bicyclic) bond motifs is 1. The fraction of sp³-hybridized carbons (Fsp3) is 0.278. The lowest BCUT2D eigenvalue weighted by Gasteiger charge is -2.34. The van der Waals surface area contributed by atoms with Gasteiger partial charge in [0.15, 0.2) is 11.5 Å². The van der Waals surface area contributed by atoms with Gasteiger partial charge in [-0.3, -0.25) is 13.9 Å². The molecule has 0 bridgehead atoms. The Balaban J connectivity index is 1.58. The van der Waals surface area contributed by atoms with Crippen LogP contribution in [-0.4, -0.2) is 57.0 Å². The Kier molecular flexibility index (Phi) is 10.8. The predicted molar refractivity (Wildman–Crippen MR) is 177 cm³/mol. The molecule has 4 aromatic rings. The van der Waals surface area contributed by atoms with Crippen LogP contribution in [0.4, 0.5) is 10.1 Å². The molecular weight excluding hydrogens is 621 g/mol. The summed E-state index contributed by atoms with van der Waals surface area (Å²) >= 11 is 0. The minimum absolute atomic E-state index is 0.0110. The van der Waals surface area contributed by atoms with E-state index >= 15 is 0 Å². The first-order valence-electron chi connectivity index (χ1n) is 15.5. The van der Waals surface area contributed by atoms with Crippen LogP contribution in [0.5, 0.6) is 11.5 Å². The number of ether oxygens (including phenoxy) is 2. The van der Waals surface area contributed by atoms with E-state index in [9.17, 15) is 22.4 Å². The molecule has 0 aromatic heterocycles. The Hall–Kier alpha value is -4.90. The number of hydrogen-bond donors (Lipinski definition) is 1. The molecule has 1 N–H and O–H groups in total. The van der Waals surface area contributed by atoms with E-state index in [1.807, 2.05) is 44.2 Å². The van der Waals surface area contributed by atoms with E-state index in [2.05, 4.69) is 5.32 Å². The first-order valence-corrected chi connectivity index (χ1v) is 17.0. The molecule has 246 valence electrons. The van der Waals surface area contributed by atoms with Gasteiger partial charge < -0.3 is 19.7 Å². The van der Waals surface area contributed by atoms with Gasteiger partial charge in [0.2, 0.25) is 11.8 Å². The second-order valence-electron chi connectivity index (χ2n) is 11.3. The van der Waals surface area contributed by atoms with Crippen LogP contribution in [0.1, 0.15) is 31.4 Å². The second kappa shape index (κ2) is 15.1. The number of nitrogens with zero attached hydrogens (tertiary/aromatic N) is 2. The molecule has 0 saturated heterocycles. The van der Waals surface area contributed by atoms with Gasteiger partial charge in [-0.05, 0) is 60.9 Å². The summed E-state index contributed by atoms with van der Waals surface area (Å²) in [7, 11) is -4.28. The van der Waals surface area contributed by atoms with Gasteiger partial charge in [-0.2, -0.15) is 0 Å². The molecule has 9 nitrogen and oxygen atoms in total. The van der Waals surface area contributed by atoms with Crippen molar-refractivity contribution in [2.75, 3.05) is 24.1 Å². The predicted octanol–water partition coefficient (Wildman–Crippen LogP) is 5.35. The highest BCUT2D eigenvalue weighted by atomic mass is 32.2. The molecule has 5 rings (SSSR count). The fourth-order valence-corrected chi connectivity index (χ4v) is 6.64. The number of amides is 2. The van der Waals surface area contributed by atoms with Crippen molar-refractivity contribution < 1.29 is 31.9 Å². The maximum atomic E-state index is 14.6. The molecule has 2 amide bonds. The zero-order valence-corrected chi connectivity index (χ0v) is 27.2. The number of sulfonamides is 1. The first-order chi connectivity index (χ1) is 22.7.